The number of nitrogens with zero attached hydrogens (tertiary/aromatic N) is 3. The number of hydrogen-bond acceptors (Lipinski definition) is 4. The SMILES string of the molecule is CCc1cccc2sc(N3CCN(C(=O)c4cccc(C(F)(F)F)c4)CC3)nc12. The summed E-state index contributed by atoms with van der Waals surface area (Å²) in [5.74, 6) is -0.367. The number of aromatic nitrogens is 1. The number of thiazole rings is 1. The molecule has 4 rings (SSSR count). The highest BCUT2D eigenvalue weighted by atomic mass is 32.1. The number of aryl methyl sites for hydroxylation is 1. The van der Waals surface area contributed by atoms with Crippen molar-refractivity contribution in [2.45, 2.75) is 19.5 Å². The van der Waals surface area contributed by atoms with Crippen LogP contribution in [0.25, 0.3) is 10.2 Å². The summed E-state index contributed by atoms with van der Waals surface area (Å²) >= 11 is 1.63. The molecule has 0 bridgehead atoms. The minimum atomic E-state index is -4.46. The van der Waals surface area contributed by atoms with E-state index in [0.717, 1.165) is 33.9 Å². The van der Waals surface area contributed by atoms with Crippen molar-refractivity contribution in [3.8, 4) is 0 Å². The fraction of sp³-hybridized carbons (Fsp3) is 0.333. The second kappa shape index (κ2) is 7.67. The zero-order valence-electron chi connectivity index (χ0n) is 15.9. The Bertz CT molecular complexity index is 1040. The number of halogens is 3. The van der Waals surface area contributed by atoms with Crippen molar-refractivity contribution < 1.29 is 18.0 Å². The molecule has 0 saturated carbocycles. The lowest BCUT2D eigenvalue weighted by atomic mass is 10.1. The van der Waals surface area contributed by atoms with E-state index in [1.54, 1.807) is 16.2 Å². The van der Waals surface area contributed by atoms with Crippen LogP contribution in [0.1, 0.15) is 28.4 Å². The first-order chi connectivity index (χ1) is 13.9. The summed E-state index contributed by atoms with van der Waals surface area (Å²) in [5, 5.41) is 0.923. The fourth-order valence-corrected chi connectivity index (χ4v) is 4.59. The summed E-state index contributed by atoms with van der Waals surface area (Å²) in [6, 6.07) is 10.8. The average Bonchev–Trinajstić information content (AvgIpc) is 3.17. The Morgan fingerprint density at radius 2 is 1.83 bits per heavy atom. The lowest BCUT2D eigenvalue weighted by molar-refractivity contribution is -0.137. The average molecular weight is 419 g/mol. The van der Waals surface area contributed by atoms with Gasteiger partial charge in [0.2, 0.25) is 0 Å². The first-order valence-corrected chi connectivity index (χ1v) is 10.3. The number of piperazine rings is 1. The highest BCUT2D eigenvalue weighted by Gasteiger charge is 2.32. The van der Waals surface area contributed by atoms with Crippen LogP contribution in [-0.2, 0) is 12.6 Å². The normalized spacial score (nSPS) is 15.2. The Hall–Kier alpha value is -2.61. The highest BCUT2D eigenvalue weighted by Crippen LogP contribution is 2.32. The van der Waals surface area contributed by atoms with Crippen molar-refractivity contribution in [3.05, 3.63) is 59.2 Å². The molecular weight excluding hydrogens is 399 g/mol. The number of carbonyl (C=O) groups is 1. The summed E-state index contributed by atoms with van der Waals surface area (Å²) in [6.45, 7) is 4.21. The Labute approximate surface area is 170 Å². The van der Waals surface area contributed by atoms with Crippen LogP contribution in [0, 0.1) is 0 Å². The summed E-state index contributed by atoms with van der Waals surface area (Å²) < 4.78 is 39.9. The molecule has 0 spiro atoms. The van der Waals surface area contributed by atoms with E-state index in [0.29, 0.717) is 26.2 Å². The number of para-hydroxylation sites is 1. The molecule has 2 aromatic carbocycles. The molecule has 1 aromatic heterocycles. The third kappa shape index (κ3) is 3.94. The molecule has 1 saturated heterocycles. The highest BCUT2D eigenvalue weighted by molar-refractivity contribution is 7.22. The second-order valence-electron chi connectivity index (χ2n) is 6.97. The van der Waals surface area contributed by atoms with E-state index in [4.69, 9.17) is 4.98 Å². The molecule has 0 radical (unpaired) electrons. The number of fused-ring (bicyclic) bond motifs is 1. The number of carbonyl (C=O) groups excluding carboxylic acids is 1. The van der Waals surface area contributed by atoms with E-state index in [-0.39, 0.29) is 11.5 Å². The van der Waals surface area contributed by atoms with Gasteiger partial charge in [0.15, 0.2) is 5.13 Å². The number of hydrogen-bond donors (Lipinski definition) is 0. The van der Waals surface area contributed by atoms with Gasteiger partial charge in [-0.25, -0.2) is 4.98 Å². The largest absolute Gasteiger partial charge is 0.416 e. The van der Waals surface area contributed by atoms with Crippen LogP contribution in [0.3, 0.4) is 0 Å². The van der Waals surface area contributed by atoms with Crippen LogP contribution in [-0.4, -0.2) is 42.0 Å². The number of amides is 1. The first kappa shape index (κ1) is 19.7. The van der Waals surface area contributed by atoms with E-state index >= 15 is 0 Å². The van der Waals surface area contributed by atoms with Gasteiger partial charge in [-0.1, -0.05) is 36.5 Å². The van der Waals surface area contributed by atoms with Gasteiger partial charge in [0.25, 0.3) is 5.91 Å². The third-order valence-corrected chi connectivity index (χ3v) is 6.23. The molecule has 29 heavy (non-hydrogen) atoms. The monoisotopic (exact) mass is 419 g/mol. The summed E-state index contributed by atoms with van der Waals surface area (Å²) in [5.41, 5.74) is 1.50. The molecule has 0 unspecified atom stereocenters. The third-order valence-electron chi connectivity index (χ3n) is 5.15. The minimum Gasteiger partial charge on any atom is -0.345 e. The van der Waals surface area contributed by atoms with Crippen molar-refractivity contribution in [2.75, 3.05) is 31.1 Å². The maximum absolute atomic E-state index is 12.9. The topological polar surface area (TPSA) is 36.4 Å². The van der Waals surface area contributed by atoms with Crippen molar-refractivity contribution in [1.29, 1.82) is 0 Å². The van der Waals surface area contributed by atoms with Crippen molar-refractivity contribution >= 4 is 32.6 Å². The van der Waals surface area contributed by atoms with E-state index < -0.39 is 11.7 Å². The van der Waals surface area contributed by atoms with Gasteiger partial charge in [-0.05, 0) is 36.2 Å². The van der Waals surface area contributed by atoms with Gasteiger partial charge in [0, 0.05) is 31.7 Å². The lowest BCUT2D eigenvalue weighted by Crippen LogP contribution is -2.48. The molecule has 152 valence electrons. The van der Waals surface area contributed by atoms with E-state index in [9.17, 15) is 18.0 Å². The zero-order chi connectivity index (χ0) is 20.6. The van der Waals surface area contributed by atoms with Crippen molar-refractivity contribution in [3.63, 3.8) is 0 Å². The molecule has 0 N–H and O–H groups in total. The maximum atomic E-state index is 12.9. The molecule has 1 amide bonds. The molecule has 1 fully saturated rings. The molecule has 1 aliphatic rings. The van der Waals surface area contributed by atoms with Crippen molar-refractivity contribution in [1.82, 2.24) is 9.88 Å². The van der Waals surface area contributed by atoms with E-state index in [2.05, 4.69) is 24.0 Å². The van der Waals surface area contributed by atoms with Crippen LogP contribution in [0.5, 0.6) is 0 Å². The molecule has 4 nitrogen and oxygen atoms in total. The smallest absolute Gasteiger partial charge is 0.345 e. The summed E-state index contributed by atoms with van der Waals surface area (Å²) in [7, 11) is 0. The predicted octanol–water partition coefficient (Wildman–Crippen LogP) is 4.84. The summed E-state index contributed by atoms with van der Waals surface area (Å²) in [6.07, 6.45) is -3.54. The van der Waals surface area contributed by atoms with Gasteiger partial charge in [-0.3, -0.25) is 4.79 Å². The van der Waals surface area contributed by atoms with Gasteiger partial charge in [-0.2, -0.15) is 13.2 Å². The Balaban J connectivity index is 1.46. The Morgan fingerprint density at radius 3 is 2.52 bits per heavy atom. The first-order valence-electron chi connectivity index (χ1n) is 9.46. The van der Waals surface area contributed by atoms with Crippen LogP contribution >= 0.6 is 11.3 Å². The molecule has 2 heterocycles. The molecule has 8 heteroatoms. The number of benzene rings is 2. The minimum absolute atomic E-state index is 0.0702. The van der Waals surface area contributed by atoms with Crippen LogP contribution in [0.4, 0.5) is 18.3 Å². The van der Waals surface area contributed by atoms with Gasteiger partial charge >= 0.3 is 6.18 Å². The number of alkyl halides is 3. The molecular formula is C21H20F3N3OS. The predicted molar refractivity (Wildman–Crippen MR) is 109 cm³/mol. The van der Waals surface area contributed by atoms with Gasteiger partial charge in [0.05, 0.1) is 15.8 Å². The van der Waals surface area contributed by atoms with Crippen LogP contribution in [0.15, 0.2) is 42.5 Å². The molecule has 0 aliphatic carbocycles. The Kier molecular flexibility index (Phi) is 5.21. The molecule has 3 aromatic rings. The van der Waals surface area contributed by atoms with Crippen molar-refractivity contribution in [2.24, 2.45) is 0 Å². The fourth-order valence-electron chi connectivity index (χ4n) is 3.53. The zero-order valence-corrected chi connectivity index (χ0v) is 16.7. The maximum Gasteiger partial charge on any atom is 0.416 e. The van der Waals surface area contributed by atoms with Gasteiger partial charge in [0.1, 0.15) is 0 Å². The van der Waals surface area contributed by atoms with Gasteiger partial charge < -0.3 is 9.80 Å². The molecule has 1 aliphatic heterocycles. The standard InChI is InChI=1S/C21H20F3N3OS/c1-2-14-5-4-8-17-18(14)25-20(29-17)27-11-9-26(10-12-27)19(28)15-6-3-7-16(13-15)21(22,23)24/h3-8,13H,2,9-12H2,1H3. The lowest BCUT2D eigenvalue weighted by Gasteiger charge is -2.34. The van der Waals surface area contributed by atoms with Gasteiger partial charge in [-0.15, -0.1) is 0 Å². The summed E-state index contributed by atoms with van der Waals surface area (Å²) in [4.78, 5) is 21.2. The van der Waals surface area contributed by atoms with E-state index in [1.807, 2.05) is 6.07 Å². The van der Waals surface area contributed by atoms with E-state index in [1.165, 1.54) is 17.7 Å². The molecule has 0 atom stereocenters. The van der Waals surface area contributed by atoms with Crippen LogP contribution < -0.4 is 4.90 Å². The quantitative estimate of drug-likeness (QED) is 0.610. The number of anilines is 1. The Morgan fingerprint density at radius 1 is 1.10 bits per heavy atom. The van der Waals surface area contributed by atoms with Crippen LogP contribution in [0.2, 0.25) is 0 Å². The number of rotatable bonds is 3. The second-order valence-corrected chi connectivity index (χ2v) is 7.98.